The van der Waals surface area contributed by atoms with Crippen molar-refractivity contribution in [3.8, 4) is 0 Å². The van der Waals surface area contributed by atoms with Crippen LogP contribution in [-0.2, 0) is 0 Å². The van der Waals surface area contributed by atoms with Crippen LogP contribution in [0, 0.1) is 12.8 Å². The van der Waals surface area contributed by atoms with Gasteiger partial charge in [-0.25, -0.2) is 4.98 Å². The van der Waals surface area contributed by atoms with Gasteiger partial charge in [0.15, 0.2) is 0 Å². The average Bonchev–Trinajstić information content (AvgIpc) is 3.01. The molecule has 3 rings (SSSR count). The van der Waals surface area contributed by atoms with Crippen LogP contribution >= 0.6 is 0 Å². The SMILES string of the molecule is Cc1cn(C2CCCC2)c(NC2CCCCCC2C)n1. The van der Waals surface area contributed by atoms with Gasteiger partial charge in [-0.1, -0.05) is 39.0 Å². The first-order valence-corrected chi connectivity index (χ1v) is 8.56. The highest BCUT2D eigenvalue weighted by Gasteiger charge is 2.24. The monoisotopic (exact) mass is 275 g/mol. The number of hydrogen-bond donors (Lipinski definition) is 1. The van der Waals surface area contributed by atoms with Gasteiger partial charge in [-0.05, 0) is 38.5 Å². The summed E-state index contributed by atoms with van der Waals surface area (Å²) in [5.41, 5.74) is 1.15. The second-order valence-electron chi connectivity index (χ2n) is 6.92. The van der Waals surface area contributed by atoms with Crippen molar-refractivity contribution in [2.24, 2.45) is 5.92 Å². The minimum Gasteiger partial charge on any atom is -0.353 e. The molecule has 3 heteroatoms. The molecule has 2 fully saturated rings. The molecule has 1 N–H and O–H groups in total. The zero-order valence-corrected chi connectivity index (χ0v) is 13.1. The predicted octanol–water partition coefficient (Wildman–Crippen LogP) is 4.69. The van der Waals surface area contributed by atoms with E-state index in [1.165, 1.54) is 57.8 Å². The van der Waals surface area contributed by atoms with Crippen LogP contribution in [0.25, 0.3) is 0 Å². The molecule has 0 aromatic carbocycles. The molecule has 2 saturated carbocycles. The first-order chi connectivity index (χ1) is 9.74. The van der Waals surface area contributed by atoms with E-state index in [1.54, 1.807) is 0 Å². The maximum Gasteiger partial charge on any atom is 0.203 e. The van der Waals surface area contributed by atoms with E-state index < -0.39 is 0 Å². The summed E-state index contributed by atoms with van der Waals surface area (Å²) in [4.78, 5) is 4.77. The molecule has 2 aliphatic rings. The van der Waals surface area contributed by atoms with E-state index in [4.69, 9.17) is 4.98 Å². The van der Waals surface area contributed by atoms with Gasteiger partial charge in [0.05, 0.1) is 5.69 Å². The first kappa shape index (κ1) is 14.0. The second kappa shape index (κ2) is 6.19. The molecule has 0 saturated heterocycles. The molecule has 20 heavy (non-hydrogen) atoms. The van der Waals surface area contributed by atoms with Crippen molar-refractivity contribution in [1.29, 1.82) is 0 Å². The highest BCUT2D eigenvalue weighted by molar-refractivity contribution is 5.31. The molecule has 112 valence electrons. The van der Waals surface area contributed by atoms with E-state index in [2.05, 4.69) is 29.9 Å². The fraction of sp³-hybridized carbons (Fsp3) is 0.824. The fourth-order valence-electron chi connectivity index (χ4n) is 3.96. The lowest BCUT2D eigenvalue weighted by atomic mass is 9.97. The van der Waals surface area contributed by atoms with Crippen molar-refractivity contribution in [2.75, 3.05) is 5.32 Å². The van der Waals surface area contributed by atoms with Gasteiger partial charge in [-0.15, -0.1) is 0 Å². The van der Waals surface area contributed by atoms with Gasteiger partial charge < -0.3 is 9.88 Å². The molecule has 1 heterocycles. The van der Waals surface area contributed by atoms with Gasteiger partial charge >= 0.3 is 0 Å². The minimum absolute atomic E-state index is 0.611. The summed E-state index contributed by atoms with van der Waals surface area (Å²) in [5.74, 6) is 1.90. The van der Waals surface area contributed by atoms with Crippen LogP contribution in [0.1, 0.15) is 76.4 Å². The number of rotatable bonds is 3. The van der Waals surface area contributed by atoms with Gasteiger partial charge in [0.1, 0.15) is 0 Å². The molecule has 0 radical (unpaired) electrons. The normalized spacial score (nSPS) is 28.5. The molecule has 1 aromatic heterocycles. The summed E-state index contributed by atoms with van der Waals surface area (Å²) in [7, 11) is 0. The highest BCUT2D eigenvalue weighted by atomic mass is 15.2. The lowest BCUT2D eigenvalue weighted by Crippen LogP contribution is -2.28. The van der Waals surface area contributed by atoms with Gasteiger partial charge in [0.2, 0.25) is 5.95 Å². The van der Waals surface area contributed by atoms with Crippen molar-refractivity contribution >= 4 is 5.95 Å². The van der Waals surface area contributed by atoms with Crippen molar-refractivity contribution in [1.82, 2.24) is 9.55 Å². The van der Waals surface area contributed by atoms with E-state index >= 15 is 0 Å². The van der Waals surface area contributed by atoms with Crippen LogP contribution in [0.3, 0.4) is 0 Å². The molecule has 2 aliphatic carbocycles. The number of hydrogen-bond acceptors (Lipinski definition) is 2. The fourth-order valence-corrected chi connectivity index (χ4v) is 3.96. The maximum absolute atomic E-state index is 4.77. The molecule has 0 aliphatic heterocycles. The number of aromatic nitrogens is 2. The Morgan fingerprint density at radius 1 is 1.05 bits per heavy atom. The number of imidazole rings is 1. The van der Waals surface area contributed by atoms with Gasteiger partial charge in [0, 0.05) is 18.3 Å². The largest absolute Gasteiger partial charge is 0.353 e. The van der Waals surface area contributed by atoms with Crippen LogP contribution < -0.4 is 5.32 Å². The lowest BCUT2D eigenvalue weighted by Gasteiger charge is -2.25. The Labute approximate surface area is 123 Å². The van der Waals surface area contributed by atoms with E-state index in [-0.39, 0.29) is 0 Å². The highest BCUT2D eigenvalue weighted by Crippen LogP contribution is 2.33. The molecule has 2 atom stereocenters. The molecule has 0 spiro atoms. The molecule has 2 unspecified atom stereocenters. The summed E-state index contributed by atoms with van der Waals surface area (Å²) in [6.45, 7) is 4.52. The number of nitrogens with one attached hydrogen (secondary N) is 1. The number of anilines is 1. The number of aryl methyl sites for hydroxylation is 1. The van der Waals surface area contributed by atoms with Crippen molar-refractivity contribution in [3.05, 3.63) is 11.9 Å². The zero-order chi connectivity index (χ0) is 13.9. The van der Waals surface area contributed by atoms with E-state index in [0.29, 0.717) is 12.1 Å². The Balaban J connectivity index is 1.75. The van der Waals surface area contributed by atoms with E-state index in [1.807, 2.05) is 0 Å². The minimum atomic E-state index is 0.611. The van der Waals surface area contributed by atoms with Crippen molar-refractivity contribution in [3.63, 3.8) is 0 Å². The standard InChI is InChI=1S/C17H29N3/c1-13-8-4-3-5-11-16(13)19-17-18-14(2)12-20(17)15-9-6-7-10-15/h12-13,15-16H,3-11H2,1-2H3,(H,18,19). The Kier molecular flexibility index (Phi) is 4.32. The number of nitrogens with zero attached hydrogens (tertiary/aromatic N) is 2. The predicted molar refractivity (Wildman–Crippen MR) is 84.1 cm³/mol. The second-order valence-corrected chi connectivity index (χ2v) is 6.92. The summed E-state index contributed by atoms with van der Waals surface area (Å²) in [6, 6.07) is 1.29. The first-order valence-electron chi connectivity index (χ1n) is 8.56. The third kappa shape index (κ3) is 3.02. The zero-order valence-electron chi connectivity index (χ0n) is 13.1. The molecule has 1 aromatic rings. The third-order valence-electron chi connectivity index (χ3n) is 5.25. The summed E-state index contributed by atoms with van der Waals surface area (Å²) in [5, 5.41) is 3.79. The average molecular weight is 275 g/mol. The van der Waals surface area contributed by atoms with Crippen LogP contribution in [0.15, 0.2) is 6.20 Å². The van der Waals surface area contributed by atoms with Crippen LogP contribution in [0.5, 0.6) is 0 Å². The van der Waals surface area contributed by atoms with Crippen molar-refractivity contribution in [2.45, 2.75) is 83.7 Å². The summed E-state index contributed by atoms with van der Waals surface area (Å²) < 4.78 is 2.43. The quantitative estimate of drug-likeness (QED) is 0.811. The van der Waals surface area contributed by atoms with E-state index in [0.717, 1.165) is 17.6 Å². The Bertz CT molecular complexity index is 431. The van der Waals surface area contributed by atoms with Crippen LogP contribution in [0.2, 0.25) is 0 Å². The van der Waals surface area contributed by atoms with Gasteiger partial charge in [-0.3, -0.25) is 0 Å². The lowest BCUT2D eigenvalue weighted by molar-refractivity contribution is 0.446. The molecular weight excluding hydrogens is 246 g/mol. The van der Waals surface area contributed by atoms with Gasteiger partial charge in [0.25, 0.3) is 0 Å². The Hall–Kier alpha value is -0.990. The van der Waals surface area contributed by atoms with Crippen molar-refractivity contribution < 1.29 is 0 Å². The Morgan fingerprint density at radius 3 is 2.55 bits per heavy atom. The molecule has 3 nitrogen and oxygen atoms in total. The maximum atomic E-state index is 4.77. The molecule has 0 bridgehead atoms. The van der Waals surface area contributed by atoms with Crippen LogP contribution in [0.4, 0.5) is 5.95 Å². The smallest absolute Gasteiger partial charge is 0.203 e. The van der Waals surface area contributed by atoms with Gasteiger partial charge in [-0.2, -0.15) is 0 Å². The summed E-state index contributed by atoms with van der Waals surface area (Å²) >= 11 is 0. The molecule has 0 amide bonds. The molecular formula is C17H29N3. The topological polar surface area (TPSA) is 29.9 Å². The third-order valence-corrected chi connectivity index (χ3v) is 5.25. The van der Waals surface area contributed by atoms with E-state index in [9.17, 15) is 0 Å². The van der Waals surface area contributed by atoms with Crippen LogP contribution in [-0.4, -0.2) is 15.6 Å². The Morgan fingerprint density at radius 2 is 1.75 bits per heavy atom. The summed E-state index contributed by atoms with van der Waals surface area (Å²) in [6.07, 6.45) is 14.5.